The van der Waals surface area contributed by atoms with Crippen LogP contribution >= 0.6 is 23.2 Å². The number of nitrogens with one attached hydrogen (secondary N) is 1. The maximum Gasteiger partial charge on any atom is 0.342 e. The topological polar surface area (TPSA) is 64.6 Å². The molecule has 2 aromatic carbocycles. The zero-order valence-corrected chi connectivity index (χ0v) is 13.9. The maximum atomic E-state index is 13.6. The Bertz CT molecular complexity index is 783. The number of methoxy groups -OCH3 is 1. The zero-order chi connectivity index (χ0) is 17.7. The quantitative estimate of drug-likeness (QED) is 0.808. The molecule has 0 radical (unpaired) electrons. The van der Waals surface area contributed by atoms with Gasteiger partial charge in [-0.2, -0.15) is 0 Å². The van der Waals surface area contributed by atoms with Gasteiger partial charge in [-0.3, -0.25) is 4.79 Å². The van der Waals surface area contributed by atoms with Crippen molar-refractivity contribution in [3.8, 4) is 5.75 Å². The minimum Gasteiger partial charge on any atom is -0.496 e. The van der Waals surface area contributed by atoms with Gasteiger partial charge in [-0.05, 0) is 36.4 Å². The van der Waals surface area contributed by atoms with Crippen molar-refractivity contribution in [2.75, 3.05) is 19.0 Å². The van der Waals surface area contributed by atoms with Gasteiger partial charge in [0, 0.05) is 10.0 Å². The van der Waals surface area contributed by atoms with E-state index in [9.17, 15) is 14.0 Å². The molecule has 0 aliphatic carbocycles. The van der Waals surface area contributed by atoms with Crippen LogP contribution in [0.5, 0.6) is 5.75 Å². The molecule has 0 spiro atoms. The second kappa shape index (κ2) is 7.99. The van der Waals surface area contributed by atoms with Crippen molar-refractivity contribution in [1.82, 2.24) is 0 Å². The summed E-state index contributed by atoms with van der Waals surface area (Å²) in [5.74, 6) is -1.93. The van der Waals surface area contributed by atoms with Crippen molar-refractivity contribution in [3.63, 3.8) is 0 Å². The normalized spacial score (nSPS) is 10.2. The molecule has 0 aromatic heterocycles. The fourth-order valence-electron chi connectivity index (χ4n) is 1.83. The molecule has 126 valence electrons. The van der Waals surface area contributed by atoms with Crippen molar-refractivity contribution in [1.29, 1.82) is 0 Å². The highest BCUT2D eigenvalue weighted by Crippen LogP contribution is 2.23. The first-order valence-corrected chi connectivity index (χ1v) is 7.42. The Morgan fingerprint density at radius 3 is 2.46 bits per heavy atom. The van der Waals surface area contributed by atoms with Crippen molar-refractivity contribution >= 4 is 40.8 Å². The van der Waals surface area contributed by atoms with Gasteiger partial charge >= 0.3 is 5.97 Å². The van der Waals surface area contributed by atoms with Crippen LogP contribution in [0.1, 0.15) is 10.4 Å². The van der Waals surface area contributed by atoms with E-state index in [1.54, 1.807) is 6.07 Å². The van der Waals surface area contributed by atoms with E-state index in [2.05, 4.69) is 5.32 Å². The first-order chi connectivity index (χ1) is 11.4. The minimum absolute atomic E-state index is 0.0687. The Hall–Kier alpha value is -2.31. The highest BCUT2D eigenvalue weighted by molar-refractivity contribution is 6.31. The Morgan fingerprint density at radius 1 is 1.12 bits per heavy atom. The molecule has 0 saturated carbocycles. The van der Waals surface area contributed by atoms with Crippen molar-refractivity contribution < 1.29 is 23.5 Å². The Balaban J connectivity index is 1.99. The van der Waals surface area contributed by atoms with Gasteiger partial charge in [-0.1, -0.05) is 23.2 Å². The zero-order valence-electron chi connectivity index (χ0n) is 12.4. The van der Waals surface area contributed by atoms with Gasteiger partial charge in [-0.25, -0.2) is 9.18 Å². The average Bonchev–Trinajstić information content (AvgIpc) is 2.55. The minimum atomic E-state index is -0.791. The molecule has 0 atom stereocenters. The van der Waals surface area contributed by atoms with Crippen LogP contribution in [0.4, 0.5) is 10.1 Å². The predicted octanol–water partition coefficient (Wildman–Crippen LogP) is 3.94. The summed E-state index contributed by atoms with van der Waals surface area (Å²) in [5.41, 5.74) is 0.0104. The number of benzene rings is 2. The number of ether oxygens (including phenoxy) is 2. The van der Waals surface area contributed by atoms with Gasteiger partial charge in [0.1, 0.15) is 17.1 Å². The monoisotopic (exact) mass is 371 g/mol. The van der Waals surface area contributed by atoms with E-state index in [1.807, 2.05) is 0 Å². The molecule has 0 bridgehead atoms. The molecular weight excluding hydrogens is 360 g/mol. The van der Waals surface area contributed by atoms with Crippen molar-refractivity contribution in [3.05, 3.63) is 57.8 Å². The molecule has 0 aliphatic rings. The van der Waals surface area contributed by atoms with Crippen molar-refractivity contribution in [2.24, 2.45) is 0 Å². The van der Waals surface area contributed by atoms with Crippen LogP contribution in [0.25, 0.3) is 0 Å². The number of halogens is 3. The highest BCUT2D eigenvalue weighted by Gasteiger charge is 2.16. The number of anilines is 1. The van der Waals surface area contributed by atoms with Gasteiger partial charge in [0.2, 0.25) is 0 Å². The standard InChI is InChI=1S/C16H12Cl2FNO4/c1-23-14-5-3-9(17)6-11(14)16(22)24-8-15(21)20-13-4-2-10(18)7-12(13)19/h2-7H,8H2,1H3,(H,20,21). The van der Waals surface area contributed by atoms with Gasteiger partial charge in [0.25, 0.3) is 5.91 Å². The van der Waals surface area contributed by atoms with E-state index in [4.69, 9.17) is 32.7 Å². The molecule has 0 saturated heterocycles. The summed E-state index contributed by atoms with van der Waals surface area (Å²) >= 11 is 11.4. The lowest BCUT2D eigenvalue weighted by atomic mass is 10.2. The average molecular weight is 372 g/mol. The van der Waals surface area contributed by atoms with E-state index in [-0.39, 0.29) is 22.0 Å². The van der Waals surface area contributed by atoms with Crippen LogP contribution in [-0.2, 0) is 9.53 Å². The molecular formula is C16H12Cl2FNO4. The molecule has 2 rings (SSSR count). The molecule has 0 unspecified atom stereocenters. The first-order valence-electron chi connectivity index (χ1n) is 6.66. The summed E-state index contributed by atoms with van der Waals surface area (Å²) in [7, 11) is 1.38. The van der Waals surface area contributed by atoms with Gasteiger partial charge in [0.15, 0.2) is 6.61 Å². The van der Waals surface area contributed by atoms with Crippen molar-refractivity contribution in [2.45, 2.75) is 0 Å². The molecule has 1 amide bonds. The smallest absolute Gasteiger partial charge is 0.342 e. The Kier molecular flexibility index (Phi) is 6.00. The lowest BCUT2D eigenvalue weighted by molar-refractivity contribution is -0.119. The summed E-state index contributed by atoms with van der Waals surface area (Å²) < 4.78 is 23.5. The lowest BCUT2D eigenvalue weighted by Gasteiger charge is -2.10. The van der Waals surface area contributed by atoms with Crippen LogP contribution in [-0.4, -0.2) is 25.6 Å². The molecule has 5 nitrogen and oxygen atoms in total. The third-order valence-electron chi connectivity index (χ3n) is 2.92. The van der Waals surface area contributed by atoms with E-state index in [1.165, 1.54) is 31.4 Å². The summed E-state index contributed by atoms with van der Waals surface area (Å²) in [6, 6.07) is 8.19. The van der Waals surface area contributed by atoms with Gasteiger partial charge < -0.3 is 14.8 Å². The molecule has 0 fully saturated rings. The largest absolute Gasteiger partial charge is 0.496 e. The number of carbonyl (C=O) groups excluding carboxylic acids is 2. The molecule has 24 heavy (non-hydrogen) atoms. The third kappa shape index (κ3) is 4.59. The maximum absolute atomic E-state index is 13.6. The number of hydrogen-bond donors (Lipinski definition) is 1. The van der Waals surface area contributed by atoms with E-state index in [0.29, 0.717) is 5.02 Å². The van der Waals surface area contributed by atoms with E-state index >= 15 is 0 Å². The number of amides is 1. The summed E-state index contributed by atoms with van der Waals surface area (Å²) in [4.78, 5) is 23.8. The lowest BCUT2D eigenvalue weighted by Crippen LogP contribution is -2.21. The van der Waals surface area contributed by atoms with Gasteiger partial charge in [-0.15, -0.1) is 0 Å². The predicted molar refractivity (Wildman–Crippen MR) is 88.3 cm³/mol. The van der Waals surface area contributed by atoms with E-state index in [0.717, 1.165) is 6.07 Å². The fourth-order valence-corrected chi connectivity index (χ4v) is 2.16. The third-order valence-corrected chi connectivity index (χ3v) is 3.39. The fraction of sp³-hybridized carbons (Fsp3) is 0.125. The van der Waals surface area contributed by atoms with Crippen LogP contribution in [0, 0.1) is 5.82 Å². The second-order valence-electron chi connectivity index (χ2n) is 4.59. The van der Waals surface area contributed by atoms with Crippen LogP contribution in [0.15, 0.2) is 36.4 Å². The molecule has 2 aromatic rings. The summed E-state index contributed by atoms with van der Waals surface area (Å²) in [6.07, 6.45) is 0. The number of rotatable bonds is 5. The molecule has 0 aliphatic heterocycles. The molecule has 8 heteroatoms. The number of hydrogen-bond acceptors (Lipinski definition) is 4. The molecule has 1 N–H and O–H groups in total. The Morgan fingerprint density at radius 2 is 1.79 bits per heavy atom. The Labute approximate surface area is 147 Å². The van der Waals surface area contributed by atoms with Crippen LogP contribution in [0.2, 0.25) is 10.0 Å². The highest BCUT2D eigenvalue weighted by atomic mass is 35.5. The SMILES string of the molecule is COc1ccc(Cl)cc1C(=O)OCC(=O)Nc1ccc(Cl)cc1F. The second-order valence-corrected chi connectivity index (χ2v) is 5.47. The molecule has 0 heterocycles. The van der Waals surface area contributed by atoms with Crippen LogP contribution in [0.3, 0.4) is 0 Å². The first kappa shape index (κ1) is 18.0. The number of esters is 1. The van der Waals surface area contributed by atoms with Crippen LogP contribution < -0.4 is 10.1 Å². The van der Waals surface area contributed by atoms with E-state index < -0.39 is 24.3 Å². The number of carbonyl (C=O) groups is 2. The summed E-state index contributed by atoms with van der Waals surface area (Å²) in [6.45, 7) is -0.601. The summed E-state index contributed by atoms with van der Waals surface area (Å²) in [5, 5.41) is 2.79. The van der Waals surface area contributed by atoms with Gasteiger partial charge in [0.05, 0.1) is 12.8 Å².